The van der Waals surface area contributed by atoms with Gasteiger partial charge in [-0.2, -0.15) is 0 Å². The van der Waals surface area contributed by atoms with Crippen LogP contribution < -0.4 is 5.73 Å². The Kier molecular flexibility index (Phi) is 4.97. The number of piperidine rings is 1. The maximum atomic E-state index is 12.3. The van der Waals surface area contributed by atoms with Gasteiger partial charge in [-0.1, -0.05) is 24.3 Å². The quantitative estimate of drug-likeness (QED) is 0.902. The number of nitrogens with zero attached hydrogens (tertiary/aromatic N) is 1. The van der Waals surface area contributed by atoms with Crippen LogP contribution in [0.4, 0.5) is 0 Å². The van der Waals surface area contributed by atoms with E-state index in [1.807, 2.05) is 17.0 Å². The van der Waals surface area contributed by atoms with Gasteiger partial charge in [-0.3, -0.25) is 4.79 Å². The lowest BCUT2D eigenvalue weighted by Crippen LogP contribution is -2.47. The number of benzene rings is 1. The standard InChI is InChI=1S/C16H24N2O/c1-13-6-2-3-7-14(13)9-10-16(19)18-11-5-4-8-15(18)12-17/h2-3,6-7,15H,4-5,8-12,17H2,1H3. The molecule has 0 spiro atoms. The smallest absolute Gasteiger partial charge is 0.223 e. The van der Waals surface area contributed by atoms with Crippen molar-refractivity contribution in [1.82, 2.24) is 4.90 Å². The van der Waals surface area contributed by atoms with Gasteiger partial charge in [0, 0.05) is 25.6 Å². The van der Waals surface area contributed by atoms with E-state index in [9.17, 15) is 4.79 Å². The van der Waals surface area contributed by atoms with E-state index in [2.05, 4.69) is 19.1 Å². The molecular formula is C16H24N2O. The van der Waals surface area contributed by atoms with E-state index in [1.54, 1.807) is 0 Å². The zero-order valence-electron chi connectivity index (χ0n) is 11.8. The van der Waals surface area contributed by atoms with Gasteiger partial charge in [0.25, 0.3) is 0 Å². The van der Waals surface area contributed by atoms with Gasteiger partial charge in [0.2, 0.25) is 5.91 Å². The predicted molar refractivity (Wildman–Crippen MR) is 77.9 cm³/mol. The molecule has 0 aromatic heterocycles. The molecular weight excluding hydrogens is 236 g/mol. The number of likely N-dealkylation sites (tertiary alicyclic amines) is 1. The van der Waals surface area contributed by atoms with Crippen LogP contribution in [0, 0.1) is 6.92 Å². The Hall–Kier alpha value is -1.35. The van der Waals surface area contributed by atoms with Gasteiger partial charge in [0.15, 0.2) is 0 Å². The Morgan fingerprint density at radius 2 is 2.16 bits per heavy atom. The number of aryl methyl sites for hydroxylation is 2. The average molecular weight is 260 g/mol. The van der Waals surface area contributed by atoms with Crippen LogP contribution in [-0.4, -0.2) is 29.9 Å². The first-order valence-electron chi connectivity index (χ1n) is 7.26. The highest BCUT2D eigenvalue weighted by molar-refractivity contribution is 5.77. The monoisotopic (exact) mass is 260 g/mol. The van der Waals surface area contributed by atoms with Crippen LogP contribution in [0.15, 0.2) is 24.3 Å². The molecule has 2 rings (SSSR count). The summed E-state index contributed by atoms with van der Waals surface area (Å²) in [4.78, 5) is 14.3. The minimum absolute atomic E-state index is 0.262. The van der Waals surface area contributed by atoms with Crippen molar-refractivity contribution in [2.75, 3.05) is 13.1 Å². The topological polar surface area (TPSA) is 46.3 Å². The number of hydrogen-bond acceptors (Lipinski definition) is 2. The molecule has 1 atom stereocenters. The molecule has 1 heterocycles. The van der Waals surface area contributed by atoms with Crippen LogP contribution >= 0.6 is 0 Å². The van der Waals surface area contributed by atoms with E-state index in [-0.39, 0.29) is 11.9 Å². The third kappa shape index (κ3) is 3.57. The lowest BCUT2D eigenvalue weighted by Gasteiger charge is -2.35. The van der Waals surface area contributed by atoms with Crippen LogP contribution in [0.5, 0.6) is 0 Å². The fourth-order valence-electron chi connectivity index (χ4n) is 2.85. The van der Waals surface area contributed by atoms with E-state index in [0.29, 0.717) is 13.0 Å². The van der Waals surface area contributed by atoms with E-state index in [0.717, 1.165) is 25.8 Å². The lowest BCUT2D eigenvalue weighted by molar-refractivity contribution is -0.134. The summed E-state index contributed by atoms with van der Waals surface area (Å²) in [7, 11) is 0. The molecule has 0 radical (unpaired) electrons. The molecule has 2 N–H and O–H groups in total. The number of carbonyl (C=O) groups excluding carboxylic acids is 1. The minimum Gasteiger partial charge on any atom is -0.338 e. The van der Waals surface area contributed by atoms with Crippen LogP contribution in [-0.2, 0) is 11.2 Å². The van der Waals surface area contributed by atoms with Crippen molar-refractivity contribution < 1.29 is 4.79 Å². The van der Waals surface area contributed by atoms with Crippen molar-refractivity contribution >= 4 is 5.91 Å². The predicted octanol–water partition coefficient (Wildman–Crippen LogP) is 2.27. The first-order valence-corrected chi connectivity index (χ1v) is 7.26. The number of rotatable bonds is 4. The summed E-state index contributed by atoms with van der Waals surface area (Å²) in [6, 6.07) is 8.55. The number of hydrogen-bond donors (Lipinski definition) is 1. The second-order valence-electron chi connectivity index (χ2n) is 5.40. The summed E-state index contributed by atoms with van der Waals surface area (Å²) in [5.74, 6) is 0.262. The van der Waals surface area contributed by atoms with Gasteiger partial charge in [-0.25, -0.2) is 0 Å². The molecule has 0 aliphatic carbocycles. The average Bonchev–Trinajstić information content (AvgIpc) is 2.46. The molecule has 1 aliphatic rings. The molecule has 3 heteroatoms. The van der Waals surface area contributed by atoms with Crippen molar-refractivity contribution in [3.8, 4) is 0 Å². The van der Waals surface area contributed by atoms with Gasteiger partial charge in [0.1, 0.15) is 0 Å². The van der Waals surface area contributed by atoms with E-state index >= 15 is 0 Å². The van der Waals surface area contributed by atoms with E-state index in [1.165, 1.54) is 17.5 Å². The lowest BCUT2D eigenvalue weighted by atomic mass is 10.00. The van der Waals surface area contributed by atoms with Crippen LogP contribution in [0.2, 0.25) is 0 Å². The van der Waals surface area contributed by atoms with Crippen LogP contribution in [0.25, 0.3) is 0 Å². The van der Waals surface area contributed by atoms with Gasteiger partial charge in [-0.15, -0.1) is 0 Å². The van der Waals surface area contributed by atoms with E-state index < -0.39 is 0 Å². The third-order valence-corrected chi connectivity index (χ3v) is 4.09. The maximum Gasteiger partial charge on any atom is 0.223 e. The third-order valence-electron chi connectivity index (χ3n) is 4.09. The van der Waals surface area contributed by atoms with Crippen molar-refractivity contribution in [2.45, 2.75) is 45.1 Å². The number of nitrogens with two attached hydrogens (primary N) is 1. The molecule has 1 fully saturated rings. The molecule has 104 valence electrons. The Morgan fingerprint density at radius 3 is 2.89 bits per heavy atom. The van der Waals surface area contributed by atoms with Gasteiger partial charge >= 0.3 is 0 Å². The second kappa shape index (κ2) is 6.71. The molecule has 1 aromatic rings. The fraction of sp³-hybridized carbons (Fsp3) is 0.562. The zero-order chi connectivity index (χ0) is 13.7. The largest absolute Gasteiger partial charge is 0.338 e. The van der Waals surface area contributed by atoms with Crippen LogP contribution in [0.1, 0.15) is 36.8 Å². The first kappa shape index (κ1) is 14.1. The Bertz CT molecular complexity index is 431. The zero-order valence-corrected chi connectivity index (χ0v) is 11.8. The highest BCUT2D eigenvalue weighted by atomic mass is 16.2. The Labute approximate surface area is 115 Å². The summed E-state index contributed by atoms with van der Waals surface area (Å²) in [6.07, 6.45) is 4.81. The number of amides is 1. The highest BCUT2D eigenvalue weighted by Gasteiger charge is 2.24. The SMILES string of the molecule is Cc1ccccc1CCC(=O)N1CCCCC1CN. The molecule has 1 saturated heterocycles. The highest BCUT2D eigenvalue weighted by Crippen LogP contribution is 2.18. The van der Waals surface area contributed by atoms with Gasteiger partial charge in [-0.05, 0) is 43.7 Å². The van der Waals surface area contributed by atoms with Crippen molar-refractivity contribution in [3.63, 3.8) is 0 Å². The van der Waals surface area contributed by atoms with Crippen molar-refractivity contribution in [3.05, 3.63) is 35.4 Å². The minimum atomic E-state index is 0.262. The van der Waals surface area contributed by atoms with Crippen molar-refractivity contribution in [1.29, 1.82) is 0 Å². The first-order chi connectivity index (χ1) is 9.22. The Morgan fingerprint density at radius 1 is 1.37 bits per heavy atom. The van der Waals surface area contributed by atoms with E-state index in [4.69, 9.17) is 5.73 Å². The molecule has 19 heavy (non-hydrogen) atoms. The Balaban J connectivity index is 1.92. The second-order valence-corrected chi connectivity index (χ2v) is 5.40. The number of carbonyl (C=O) groups is 1. The van der Waals surface area contributed by atoms with Crippen molar-refractivity contribution in [2.24, 2.45) is 5.73 Å². The molecule has 0 saturated carbocycles. The maximum absolute atomic E-state index is 12.3. The molecule has 1 amide bonds. The van der Waals surface area contributed by atoms with Gasteiger partial charge in [0.05, 0.1) is 0 Å². The summed E-state index contributed by atoms with van der Waals surface area (Å²) in [5, 5.41) is 0. The summed E-state index contributed by atoms with van der Waals surface area (Å²) in [6.45, 7) is 3.58. The van der Waals surface area contributed by atoms with Gasteiger partial charge < -0.3 is 10.6 Å². The molecule has 3 nitrogen and oxygen atoms in total. The summed E-state index contributed by atoms with van der Waals surface area (Å²) >= 11 is 0. The van der Waals surface area contributed by atoms with Crippen LogP contribution in [0.3, 0.4) is 0 Å². The molecule has 1 aliphatic heterocycles. The molecule has 0 bridgehead atoms. The molecule has 1 aromatic carbocycles. The molecule has 1 unspecified atom stereocenters. The normalized spacial score (nSPS) is 19.5. The summed E-state index contributed by atoms with van der Waals surface area (Å²) < 4.78 is 0. The fourth-order valence-corrected chi connectivity index (χ4v) is 2.85. The summed E-state index contributed by atoms with van der Waals surface area (Å²) in [5.41, 5.74) is 8.31.